The minimum absolute atomic E-state index is 0.133. The normalized spacial score (nSPS) is 27.0. The first-order valence-corrected chi connectivity index (χ1v) is 12.4. The quantitative estimate of drug-likeness (QED) is 0.515. The number of aryl methyl sites for hydroxylation is 1. The summed E-state index contributed by atoms with van der Waals surface area (Å²) in [6.07, 6.45) is 5.03. The molecule has 0 radical (unpaired) electrons. The summed E-state index contributed by atoms with van der Waals surface area (Å²) >= 11 is 6.25. The lowest BCUT2D eigenvalue weighted by molar-refractivity contribution is -0.123. The number of imide groups is 1. The SMILES string of the molecule is Cc1ccc(NC(=O)c2cc(N3C(=O)[C@@H]4[C@H](C3=O)[C@H]3C=C[C@H]4C3)ccc2N2CCOCC2)cc1Cl. The van der Waals surface area contributed by atoms with E-state index >= 15 is 0 Å². The lowest BCUT2D eigenvalue weighted by Crippen LogP contribution is -2.38. The predicted molar refractivity (Wildman–Crippen MR) is 134 cm³/mol. The maximum absolute atomic E-state index is 13.5. The van der Waals surface area contributed by atoms with Crippen LogP contribution in [0.2, 0.25) is 5.02 Å². The Hall–Kier alpha value is -3.16. The highest BCUT2D eigenvalue weighted by atomic mass is 35.5. The molecule has 2 bridgehead atoms. The molecule has 2 aromatic carbocycles. The third-order valence-corrected chi connectivity index (χ3v) is 8.14. The molecule has 6 rings (SSSR count). The highest BCUT2D eigenvalue weighted by Crippen LogP contribution is 2.53. The molecule has 1 saturated carbocycles. The molecule has 0 spiro atoms. The van der Waals surface area contributed by atoms with Crippen LogP contribution in [-0.4, -0.2) is 44.0 Å². The number of allylic oxidation sites excluding steroid dienone is 2. The number of nitrogens with one attached hydrogen (secondary N) is 1. The van der Waals surface area contributed by atoms with Crippen LogP contribution in [0.1, 0.15) is 22.3 Å². The van der Waals surface area contributed by atoms with Crippen molar-refractivity contribution in [3.8, 4) is 0 Å². The summed E-state index contributed by atoms with van der Waals surface area (Å²) in [5, 5.41) is 3.49. The lowest BCUT2D eigenvalue weighted by Gasteiger charge is -2.31. The van der Waals surface area contributed by atoms with Gasteiger partial charge in [-0.1, -0.05) is 29.8 Å². The fourth-order valence-electron chi connectivity index (χ4n) is 5.95. The molecule has 2 aromatic rings. The number of rotatable bonds is 4. The molecule has 2 heterocycles. The predicted octanol–water partition coefficient (Wildman–Crippen LogP) is 4.05. The van der Waals surface area contributed by atoms with E-state index in [0.29, 0.717) is 48.3 Å². The summed E-state index contributed by atoms with van der Waals surface area (Å²) in [5.74, 6) is -0.956. The molecule has 4 atom stereocenters. The number of amides is 3. The van der Waals surface area contributed by atoms with Crippen LogP contribution in [0.15, 0.2) is 48.6 Å². The van der Waals surface area contributed by atoms with E-state index in [1.165, 1.54) is 4.90 Å². The smallest absolute Gasteiger partial charge is 0.257 e. The van der Waals surface area contributed by atoms with Crippen LogP contribution in [0.3, 0.4) is 0 Å². The fourth-order valence-corrected chi connectivity index (χ4v) is 6.13. The Morgan fingerprint density at radius 3 is 2.34 bits per heavy atom. The number of carbonyl (C=O) groups excluding carboxylic acids is 3. The molecule has 2 saturated heterocycles. The summed E-state index contributed by atoms with van der Waals surface area (Å²) < 4.78 is 5.48. The van der Waals surface area contributed by atoms with E-state index in [0.717, 1.165) is 17.7 Å². The number of fused-ring (bicyclic) bond motifs is 5. The molecule has 4 aliphatic rings. The molecule has 1 N–H and O–H groups in total. The average Bonchev–Trinajstić information content (AvgIpc) is 3.55. The monoisotopic (exact) mass is 491 g/mol. The number of nitrogens with zero attached hydrogens (tertiary/aromatic N) is 2. The van der Waals surface area contributed by atoms with E-state index in [4.69, 9.17) is 16.3 Å². The van der Waals surface area contributed by atoms with E-state index in [2.05, 4.69) is 22.4 Å². The summed E-state index contributed by atoms with van der Waals surface area (Å²) in [7, 11) is 0. The van der Waals surface area contributed by atoms with Crippen LogP contribution >= 0.6 is 11.6 Å². The number of benzene rings is 2. The van der Waals surface area contributed by atoms with Crippen molar-refractivity contribution in [2.75, 3.05) is 41.4 Å². The zero-order valence-electron chi connectivity index (χ0n) is 19.4. The third-order valence-electron chi connectivity index (χ3n) is 7.73. The second-order valence-corrected chi connectivity index (χ2v) is 10.1. The Balaban J connectivity index is 1.36. The van der Waals surface area contributed by atoms with Gasteiger partial charge in [-0.15, -0.1) is 0 Å². The minimum atomic E-state index is -0.325. The topological polar surface area (TPSA) is 79.0 Å². The molecule has 2 aliphatic heterocycles. The molecule has 8 heteroatoms. The first kappa shape index (κ1) is 22.3. The van der Waals surface area contributed by atoms with Crippen LogP contribution in [-0.2, 0) is 14.3 Å². The number of halogens is 1. The number of anilines is 3. The van der Waals surface area contributed by atoms with E-state index < -0.39 is 0 Å². The van der Waals surface area contributed by atoms with Crippen molar-refractivity contribution in [2.45, 2.75) is 13.3 Å². The van der Waals surface area contributed by atoms with Gasteiger partial charge in [0, 0.05) is 29.5 Å². The second kappa shape index (κ2) is 8.50. The Labute approximate surface area is 208 Å². The molecular weight excluding hydrogens is 466 g/mol. The van der Waals surface area contributed by atoms with Crippen molar-refractivity contribution < 1.29 is 19.1 Å². The number of hydrogen-bond acceptors (Lipinski definition) is 5. The number of carbonyl (C=O) groups is 3. The van der Waals surface area contributed by atoms with Gasteiger partial charge < -0.3 is 15.0 Å². The number of ether oxygens (including phenoxy) is 1. The van der Waals surface area contributed by atoms with Crippen LogP contribution in [0.4, 0.5) is 17.1 Å². The molecule has 7 nitrogen and oxygen atoms in total. The van der Waals surface area contributed by atoms with Crippen LogP contribution < -0.4 is 15.1 Å². The highest BCUT2D eigenvalue weighted by molar-refractivity contribution is 6.31. The van der Waals surface area contributed by atoms with Crippen molar-refractivity contribution in [1.82, 2.24) is 0 Å². The van der Waals surface area contributed by atoms with Gasteiger partial charge in [0.25, 0.3) is 5.91 Å². The summed E-state index contributed by atoms with van der Waals surface area (Å²) in [6, 6.07) is 10.6. The first-order valence-electron chi connectivity index (χ1n) is 12.0. The van der Waals surface area contributed by atoms with Gasteiger partial charge in [0.1, 0.15) is 0 Å². The van der Waals surface area contributed by atoms with Crippen molar-refractivity contribution in [3.63, 3.8) is 0 Å². The van der Waals surface area contributed by atoms with Crippen molar-refractivity contribution in [3.05, 3.63) is 64.7 Å². The molecule has 3 amide bonds. The first-order chi connectivity index (χ1) is 16.9. The maximum atomic E-state index is 13.5. The Morgan fingerprint density at radius 1 is 1.00 bits per heavy atom. The largest absolute Gasteiger partial charge is 0.378 e. The van der Waals surface area contributed by atoms with Gasteiger partial charge in [-0.25, -0.2) is 4.90 Å². The van der Waals surface area contributed by atoms with Gasteiger partial charge in [-0.05, 0) is 61.1 Å². The average molecular weight is 492 g/mol. The van der Waals surface area contributed by atoms with Crippen molar-refractivity contribution >= 4 is 46.4 Å². The molecule has 3 fully saturated rings. The Kier molecular flexibility index (Phi) is 5.42. The Morgan fingerprint density at radius 2 is 1.69 bits per heavy atom. The minimum Gasteiger partial charge on any atom is -0.378 e. The fraction of sp³-hybridized carbons (Fsp3) is 0.370. The van der Waals surface area contributed by atoms with E-state index in [-0.39, 0.29) is 41.4 Å². The second-order valence-electron chi connectivity index (χ2n) is 9.73. The molecular formula is C27H26ClN3O4. The molecule has 180 valence electrons. The van der Waals surface area contributed by atoms with E-state index in [1.54, 1.807) is 24.3 Å². The van der Waals surface area contributed by atoms with E-state index in [9.17, 15) is 14.4 Å². The van der Waals surface area contributed by atoms with Gasteiger partial charge in [-0.2, -0.15) is 0 Å². The zero-order valence-corrected chi connectivity index (χ0v) is 20.1. The van der Waals surface area contributed by atoms with Crippen molar-refractivity contribution in [2.24, 2.45) is 23.7 Å². The standard InChI is InChI=1S/C27H26ClN3O4/c1-15-2-5-18(13-21(15)28)29-25(32)20-14-19(6-7-22(20)30-8-10-35-11-9-30)31-26(33)23-16-3-4-17(12-16)24(23)27(31)34/h2-7,13-14,16-17,23-24H,8-12H2,1H3,(H,29,32)/t16-,17-,23-,24+/m0/s1. The van der Waals surface area contributed by atoms with Crippen LogP contribution in [0.25, 0.3) is 0 Å². The summed E-state index contributed by atoms with van der Waals surface area (Å²) in [4.78, 5) is 43.6. The summed E-state index contributed by atoms with van der Waals surface area (Å²) in [6.45, 7) is 4.33. The third kappa shape index (κ3) is 3.65. The van der Waals surface area contributed by atoms with Gasteiger partial charge in [0.2, 0.25) is 11.8 Å². The maximum Gasteiger partial charge on any atom is 0.257 e. The molecule has 0 aromatic heterocycles. The van der Waals surface area contributed by atoms with Gasteiger partial charge in [0.15, 0.2) is 0 Å². The molecule has 35 heavy (non-hydrogen) atoms. The van der Waals surface area contributed by atoms with Gasteiger partial charge in [-0.3, -0.25) is 14.4 Å². The number of morpholine rings is 1. The lowest BCUT2D eigenvalue weighted by atomic mass is 9.85. The van der Waals surface area contributed by atoms with E-state index in [1.807, 2.05) is 19.1 Å². The highest BCUT2D eigenvalue weighted by Gasteiger charge is 2.59. The molecule has 0 unspecified atom stereocenters. The van der Waals surface area contributed by atoms with Crippen molar-refractivity contribution in [1.29, 1.82) is 0 Å². The van der Waals surface area contributed by atoms with Gasteiger partial charge >= 0.3 is 0 Å². The molecule has 2 aliphatic carbocycles. The van der Waals surface area contributed by atoms with Gasteiger partial charge in [0.05, 0.1) is 36.3 Å². The van der Waals surface area contributed by atoms with Crippen LogP contribution in [0, 0.1) is 30.6 Å². The zero-order chi connectivity index (χ0) is 24.3. The van der Waals surface area contributed by atoms with Crippen LogP contribution in [0.5, 0.6) is 0 Å². The summed E-state index contributed by atoms with van der Waals surface area (Å²) in [5.41, 5.74) is 3.08. The Bertz CT molecular complexity index is 1240. The number of hydrogen-bond donors (Lipinski definition) is 1.